The van der Waals surface area contributed by atoms with Gasteiger partial charge in [-0.05, 0) is 18.6 Å². The van der Waals surface area contributed by atoms with Gasteiger partial charge in [0.25, 0.3) is 5.56 Å². The molecule has 2 heterocycles. The molecule has 5 nitrogen and oxygen atoms in total. The molecule has 6 heteroatoms. The molecule has 132 valence electrons. The zero-order chi connectivity index (χ0) is 18.1. The Kier molecular flexibility index (Phi) is 4.39. The fraction of sp³-hybridized carbons (Fsp3) is 0.200. The third-order valence-corrected chi connectivity index (χ3v) is 4.80. The van der Waals surface area contributed by atoms with E-state index < -0.39 is 0 Å². The molecular formula is C20H18ClN3O2. The summed E-state index contributed by atoms with van der Waals surface area (Å²) in [6.07, 6.45) is 1.60. The maximum absolute atomic E-state index is 12.6. The standard InChI is InChI=1S/C20H18ClN3O2/c1-13-7-8-18-15(9-13)17(12-26-18)23-16-10-22-24(20(25)19(16)21)11-14-5-3-2-4-6-14/h2-10,17,23H,11-12H2,1H3. The van der Waals surface area contributed by atoms with E-state index in [0.29, 0.717) is 18.8 Å². The van der Waals surface area contributed by atoms with Crippen molar-refractivity contribution in [2.75, 3.05) is 11.9 Å². The number of rotatable bonds is 4. The molecule has 4 rings (SSSR count). The van der Waals surface area contributed by atoms with E-state index in [1.54, 1.807) is 6.20 Å². The van der Waals surface area contributed by atoms with E-state index in [1.807, 2.05) is 49.4 Å². The number of aromatic nitrogens is 2. The van der Waals surface area contributed by atoms with E-state index in [4.69, 9.17) is 16.3 Å². The van der Waals surface area contributed by atoms with Gasteiger partial charge in [-0.2, -0.15) is 5.10 Å². The molecule has 1 aliphatic heterocycles. The molecule has 1 aliphatic rings. The first-order valence-corrected chi connectivity index (χ1v) is 8.79. The second-order valence-electron chi connectivity index (χ2n) is 6.37. The fourth-order valence-corrected chi connectivity index (χ4v) is 3.28. The molecule has 3 aromatic rings. The molecule has 0 bridgehead atoms. The first-order valence-electron chi connectivity index (χ1n) is 8.41. The zero-order valence-electron chi connectivity index (χ0n) is 14.3. The van der Waals surface area contributed by atoms with Gasteiger partial charge in [0.2, 0.25) is 0 Å². The van der Waals surface area contributed by atoms with Crippen molar-refractivity contribution in [3.8, 4) is 5.75 Å². The number of halogens is 1. The summed E-state index contributed by atoms with van der Waals surface area (Å²) in [5, 5.41) is 7.69. The summed E-state index contributed by atoms with van der Waals surface area (Å²) < 4.78 is 7.07. The lowest BCUT2D eigenvalue weighted by molar-refractivity contribution is 0.340. The van der Waals surface area contributed by atoms with Crippen molar-refractivity contribution < 1.29 is 4.74 Å². The minimum Gasteiger partial charge on any atom is -0.491 e. The molecular weight excluding hydrogens is 350 g/mol. The van der Waals surface area contributed by atoms with Gasteiger partial charge in [0.15, 0.2) is 0 Å². The minimum absolute atomic E-state index is 0.0615. The summed E-state index contributed by atoms with van der Waals surface area (Å²) in [5.41, 5.74) is 3.42. The highest BCUT2D eigenvalue weighted by Gasteiger charge is 2.25. The van der Waals surface area contributed by atoms with E-state index in [0.717, 1.165) is 22.4 Å². The van der Waals surface area contributed by atoms with E-state index >= 15 is 0 Å². The molecule has 26 heavy (non-hydrogen) atoms. The number of nitrogens with zero attached hydrogens (tertiary/aromatic N) is 2. The number of anilines is 1. The van der Waals surface area contributed by atoms with E-state index in [9.17, 15) is 4.79 Å². The van der Waals surface area contributed by atoms with Gasteiger partial charge in [0, 0.05) is 5.56 Å². The molecule has 1 atom stereocenters. The summed E-state index contributed by atoms with van der Waals surface area (Å²) in [7, 11) is 0. The van der Waals surface area contributed by atoms with Gasteiger partial charge >= 0.3 is 0 Å². The second kappa shape index (κ2) is 6.84. The molecule has 0 amide bonds. The van der Waals surface area contributed by atoms with Gasteiger partial charge in [-0.1, -0.05) is 59.6 Å². The monoisotopic (exact) mass is 367 g/mol. The SMILES string of the molecule is Cc1ccc2c(c1)C(Nc1cnn(Cc3ccccc3)c(=O)c1Cl)CO2. The minimum atomic E-state index is -0.316. The van der Waals surface area contributed by atoms with Gasteiger partial charge in [0.1, 0.15) is 17.4 Å². The first-order chi connectivity index (χ1) is 12.6. The quantitative estimate of drug-likeness (QED) is 0.762. The normalized spacial score (nSPS) is 15.4. The van der Waals surface area contributed by atoms with Crippen LogP contribution in [0, 0.1) is 6.92 Å². The van der Waals surface area contributed by atoms with Crippen LogP contribution in [0.4, 0.5) is 5.69 Å². The lowest BCUT2D eigenvalue weighted by atomic mass is 10.1. The van der Waals surface area contributed by atoms with Gasteiger partial charge in [-0.15, -0.1) is 0 Å². The van der Waals surface area contributed by atoms with Crippen LogP contribution < -0.4 is 15.6 Å². The fourth-order valence-electron chi connectivity index (χ4n) is 3.08. The number of hydrogen-bond acceptors (Lipinski definition) is 4. The number of aryl methyl sites for hydroxylation is 1. The third-order valence-electron chi connectivity index (χ3n) is 4.44. The van der Waals surface area contributed by atoms with Crippen LogP contribution in [0.2, 0.25) is 5.02 Å². The Balaban J connectivity index is 1.59. The highest BCUT2D eigenvalue weighted by Crippen LogP contribution is 2.35. The topological polar surface area (TPSA) is 56.2 Å². The number of fused-ring (bicyclic) bond motifs is 1. The van der Waals surface area contributed by atoms with Gasteiger partial charge in [0.05, 0.1) is 24.5 Å². The number of ether oxygens (including phenoxy) is 1. The van der Waals surface area contributed by atoms with Crippen molar-refractivity contribution in [1.82, 2.24) is 9.78 Å². The summed E-state index contributed by atoms with van der Waals surface area (Å²) in [5.74, 6) is 0.856. The second-order valence-corrected chi connectivity index (χ2v) is 6.75. The van der Waals surface area contributed by atoms with Crippen molar-refractivity contribution in [1.29, 1.82) is 0 Å². The maximum atomic E-state index is 12.6. The third kappa shape index (κ3) is 3.18. The van der Waals surface area contributed by atoms with Crippen molar-refractivity contribution in [3.63, 3.8) is 0 Å². The molecule has 0 radical (unpaired) electrons. The Morgan fingerprint density at radius 3 is 2.88 bits per heavy atom. The van der Waals surface area contributed by atoms with Crippen molar-refractivity contribution in [3.05, 3.63) is 86.8 Å². The van der Waals surface area contributed by atoms with Crippen molar-refractivity contribution in [2.24, 2.45) is 0 Å². The average Bonchev–Trinajstić information content (AvgIpc) is 3.04. The van der Waals surface area contributed by atoms with E-state index in [2.05, 4.69) is 16.5 Å². The Morgan fingerprint density at radius 2 is 2.08 bits per heavy atom. The summed E-state index contributed by atoms with van der Waals surface area (Å²) in [6, 6.07) is 15.7. The Labute approximate surface area is 156 Å². The van der Waals surface area contributed by atoms with E-state index in [-0.39, 0.29) is 16.6 Å². The highest BCUT2D eigenvalue weighted by atomic mass is 35.5. The van der Waals surface area contributed by atoms with Crippen molar-refractivity contribution in [2.45, 2.75) is 19.5 Å². The largest absolute Gasteiger partial charge is 0.491 e. The molecule has 1 N–H and O–H groups in total. The summed E-state index contributed by atoms with van der Waals surface area (Å²) in [6.45, 7) is 2.91. The molecule has 2 aromatic carbocycles. The Morgan fingerprint density at radius 1 is 1.27 bits per heavy atom. The summed E-state index contributed by atoms with van der Waals surface area (Å²) in [4.78, 5) is 12.6. The van der Waals surface area contributed by atoms with Crippen LogP contribution in [0.3, 0.4) is 0 Å². The predicted molar refractivity (Wildman–Crippen MR) is 102 cm³/mol. The Hall–Kier alpha value is -2.79. The predicted octanol–water partition coefficient (Wildman–Crippen LogP) is 3.80. The molecule has 0 aliphatic carbocycles. The van der Waals surface area contributed by atoms with Gasteiger partial charge in [-0.25, -0.2) is 4.68 Å². The van der Waals surface area contributed by atoms with Crippen LogP contribution in [0.5, 0.6) is 5.75 Å². The first kappa shape index (κ1) is 16.7. The van der Waals surface area contributed by atoms with Gasteiger partial charge in [-0.3, -0.25) is 4.79 Å². The molecule has 0 saturated heterocycles. The summed E-state index contributed by atoms with van der Waals surface area (Å²) >= 11 is 6.32. The maximum Gasteiger partial charge on any atom is 0.287 e. The average molecular weight is 368 g/mol. The van der Waals surface area contributed by atoms with E-state index in [1.165, 1.54) is 4.68 Å². The molecule has 0 fully saturated rings. The molecule has 0 spiro atoms. The number of benzene rings is 2. The molecule has 1 unspecified atom stereocenters. The highest BCUT2D eigenvalue weighted by molar-refractivity contribution is 6.32. The zero-order valence-corrected chi connectivity index (χ0v) is 15.0. The van der Waals surface area contributed by atoms with Crippen LogP contribution in [0.1, 0.15) is 22.7 Å². The van der Waals surface area contributed by atoms with Gasteiger partial charge < -0.3 is 10.1 Å². The number of nitrogens with one attached hydrogen (secondary N) is 1. The number of hydrogen-bond donors (Lipinski definition) is 1. The smallest absolute Gasteiger partial charge is 0.287 e. The molecule has 1 aromatic heterocycles. The van der Waals surface area contributed by atoms with Crippen LogP contribution in [-0.2, 0) is 6.54 Å². The van der Waals surface area contributed by atoms with Crippen LogP contribution in [0.15, 0.2) is 59.5 Å². The van der Waals surface area contributed by atoms with Crippen molar-refractivity contribution >= 4 is 17.3 Å². The van der Waals surface area contributed by atoms with Crippen LogP contribution in [-0.4, -0.2) is 16.4 Å². The van der Waals surface area contributed by atoms with Crippen LogP contribution >= 0.6 is 11.6 Å². The lowest BCUT2D eigenvalue weighted by Gasteiger charge is -2.15. The van der Waals surface area contributed by atoms with Crippen LogP contribution in [0.25, 0.3) is 0 Å². The lowest BCUT2D eigenvalue weighted by Crippen LogP contribution is -2.25. The molecule has 0 saturated carbocycles. The Bertz CT molecular complexity index is 1000.